The van der Waals surface area contributed by atoms with Crippen LogP contribution in [0.3, 0.4) is 0 Å². The Morgan fingerprint density at radius 1 is 1.17 bits per heavy atom. The van der Waals surface area contributed by atoms with E-state index in [-0.39, 0.29) is 12.3 Å². The second kappa shape index (κ2) is 9.82. The van der Waals surface area contributed by atoms with Gasteiger partial charge in [-0.3, -0.25) is 9.78 Å². The number of benzene rings is 2. The first kappa shape index (κ1) is 20.5. The minimum Gasteiger partial charge on any atom is -0.493 e. The van der Waals surface area contributed by atoms with E-state index in [1.807, 2.05) is 31.2 Å². The molecule has 29 heavy (non-hydrogen) atoms. The van der Waals surface area contributed by atoms with Crippen molar-refractivity contribution in [2.75, 3.05) is 6.61 Å². The minimum absolute atomic E-state index is 0.112. The highest BCUT2D eigenvalue weighted by Gasteiger charge is 2.09. The molecular weight excluding hydrogens is 367 g/mol. The van der Waals surface area contributed by atoms with Crippen molar-refractivity contribution in [2.24, 2.45) is 0 Å². The normalized spacial score (nSPS) is 10.6. The molecule has 2 aromatic carbocycles. The average Bonchev–Trinajstić information content (AvgIpc) is 2.72. The number of nitrogens with zero attached hydrogens (tertiary/aromatic N) is 1. The SMILES string of the molecule is [CH]CCOc1ccc(-c2ccc(CC(=O)NCc3cccc(C)c3)nc2)c(F)c1. The van der Waals surface area contributed by atoms with Gasteiger partial charge in [0.1, 0.15) is 11.6 Å². The first-order chi connectivity index (χ1) is 14.0. The molecule has 0 aliphatic rings. The predicted molar refractivity (Wildman–Crippen MR) is 111 cm³/mol. The maximum Gasteiger partial charge on any atom is 0.226 e. The number of aryl methyl sites for hydroxylation is 1. The van der Waals surface area contributed by atoms with Crippen LogP contribution in [0.2, 0.25) is 0 Å². The summed E-state index contributed by atoms with van der Waals surface area (Å²) in [5.74, 6) is -0.0733. The van der Waals surface area contributed by atoms with Crippen molar-refractivity contribution in [2.45, 2.75) is 26.3 Å². The lowest BCUT2D eigenvalue weighted by Crippen LogP contribution is -2.24. The van der Waals surface area contributed by atoms with Crippen molar-refractivity contribution < 1.29 is 13.9 Å². The number of halogens is 1. The molecule has 0 saturated heterocycles. The van der Waals surface area contributed by atoms with Gasteiger partial charge in [0.25, 0.3) is 0 Å². The maximum absolute atomic E-state index is 14.4. The molecule has 0 atom stereocenters. The van der Waals surface area contributed by atoms with Gasteiger partial charge in [0.15, 0.2) is 0 Å². The van der Waals surface area contributed by atoms with E-state index in [4.69, 9.17) is 11.7 Å². The lowest BCUT2D eigenvalue weighted by molar-refractivity contribution is -0.120. The highest BCUT2D eigenvalue weighted by Crippen LogP contribution is 2.26. The Labute approximate surface area is 170 Å². The van der Waals surface area contributed by atoms with Gasteiger partial charge in [0.05, 0.1) is 13.0 Å². The summed E-state index contributed by atoms with van der Waals surface area (Å²) < 4.78 is 19.7. The molecule has 4 nitrogen and oxygen atoms in total. The van der Waals surface area contributed by atoms with Crippen LogP contribution in [0.25, 0.3) is 11.1 Å². The summed E-state index contributed by atoms with van der Waals surface area (Å²) >= 11 is 0. The van der Waals surface area contributed by atoms with Gasteiger partial charge in [-0.25, -0.2) is 4.39 Å². The Balaban J connectivity index is 1.59. The fraction of sp³-hybridized carbons (Fsp3) is 0.208. The number of carbonyl (C=O) groups is 1. The molecule has 1 aromatic heterocycles. The second-order valence-electron chi connectivity index (χ2n) is 6.76. The number of hydrogen-bond donors (Lipinski definition) is 1. The molecule has 3 rings (SSSR count). The summed E-state index contributed by atoms with van der Waals surface area (Å²) in [7, 11) is 0. The summed E-state index contributed by atoms with van der Waals surface area (Å²) in [6.07, 6.45) is 2.11. The average molecular weight is 390 g/mol. The highest BCUT2D eigenvalue weighted by molar-refractivity contribution is 5.78. The zero-order valence-electron chi connectivity index (χ0n) is 16.3. The van der Waals surface area contributed by atoms with E-state index in [0.29, 0.717) is 42.1 Å². The third kappa shape index (κ3) is 5.88. The minimum atomic E-state index is -0.398. The Bertz CT molecular complexity index is 971. The molecule has 0 spiro atoms. The molecule has 2 radical (unpaired) electrons. The molecule has 0 fully saturated rings. The van der Waals surface area contributed by atoms with Gasteiger partial charge in [-0.05, 0) is 44.0 Å². The maximum atomic E-state index is 14.4. The van der Waals surface area contributed by atoms with Crippen LogP contribution in [-0.2, 0) is 17.8 Å². The predicted octanol–water partition coefficient (Wildman–Crippen LogP) is 4.54. The molecule has 0 bridgehead atoms. The van der Waals surface area contributed by atoms with E-state index in [2.05, 4.69) is 10.3 Å². The van der Waals surface area contributed by atoms with E-state index >= 15 is 0 Å². The number of rotatable bonds is 8. The number of carbonyl (C=O) groups excluding carboxylic acids is 1. The summed E-state index contributed by atoms with van der Waals surface area (Å²) in [5, 5.41) is 2.89. The quantitative estimate of drug-likeness (QED) is 0.615. The van der Waals surface area contributed by atoms with Crippen LogP contribution in [0.1, 0.15) is 23.2 Å². The summed E-state index contributed by atoms with van der Waals surface area (Å²) in [4.78, 5) is 16.5. The molecule has 0 aliphatic heterocycles. The van der Waals surface area contributed by atoms with E-state index in [0.717, 1.165) is 11.1 Å². The zero-order valence-corrected chi connectivity index (χ0v) is 16.3. The summed E-state index contributed by atoms with van der Waals surface area (Å²) in [6.45, 7) is 8.21. The van der Waals surface area contributed by atoms with E-state index in [9.17, 15) is 9.18 Å². The number of amides is 1. The molecule has 3 aromatic rings. The molecule has 0 unspecified atom stereocenters. The van der Waals surface area contributed by atoms with Crippen molar-refractivity contribution in [3.63, 3.8) is 0 Å². The zero-order chi connectivity index (χ0) is 20.6. The topological polar surface area (TPSA) is 51.2 Å². The van der Waals surface area contributed by atoms with Gasteiger partial charge >= 0.3 is 0 Å². The second-order valence-corrected chi connectivity index (χ2v) is 6.76. The van der Waals surface area contributed by atoms with Crippen LogP contribution < -0.4 is 10.1 Å². The van der Waals surface area contributed by atoms with Crippen molar-refractivity contribution in [1.29, 1.82) is 0 Å². The van der Waals surface area contributed by atoms with Gasteiger partial charge in [-0.2, -0.15) is 0 Å². The van der Waals surface area contributed by atoms with Crippen molar-refractivity contribution in [3.8, 4) is 16.9 Å². The van der Waals surface area contributed by atoms with Crippen LogP contribution in [0.4, 0.5) is 4.39 Å². The lowest BCUT2D eigenvalue weighted by Gasteiger charge is -2.09. The molecule has 1 N–H and O–H groups in total. The van der Waals surface area contributed by atoms with Gasteiger partial charge in [-0.15, -0.1) is 0 Å². The lowest BCUT2D eigenvalue weighted by atomic mass is 10.1. The largest absolute Gasteiger partial charge is 0.493 e. The third-order valence-corrected chi connectivity index (χ3v) is 4.38. The Hall–Kier alpha value is -3.21. The molecule has 148 valence electrons. The Kier molecular flexibility index (Phi) is 6.95. The van der Waals surface area contributed by atoms with Gasteiger partial charge in [0.2, 0.25) is 5.91 Å². The Morgan fingerprint density at radius 2 is 2.03 bits per heavy atom. The number of ether oxygens (including phenoxy) is 1. The van der Waals surface area contributed by atoms with Crippen LogP contribution in [0.5, 0.6) is 5.75 Å². The van der Waals surface area contributed by atoms with Crippen molar-refractivity contribution in [3.05, 3.63) is 90.4 Å². The van der Waals surface area contributed by atoms with Crippen LogP contribution >= 0.6 is 0 Å². The molecule has 0 aliphatic carbocycles. The number of aromatic nitrogens is 1. The van der Waals surface area contributed by atoms with Crippen LogP contribution in [0, 0.1) is 19.7 Å². The van der Waals surface area contributed by atoms with E-state index < -0.39 is 5.82 Å². The molecule has 1 amide bonds. The molecular formula is C24H23FN2O2. The number of nitrogens with one attached hydrogen (secondary N) is 1. The van der Waals surface area contributed by atoms with E-state index in [1.54, 1.807) is 30.5 Å². The molecule has 0 saturated carbocycles. The first-order valence-electron chi connectivity index (χ1n) is 9.45. The standard InChI is InChI=1S/C24H23FN2O2/c1-3-11-29-21-9-10-22(23(25)14-21)19-7-8-20(26-16-19)13-24(28)27-15-18-6-4-5-17(2)12-18/h1,4-10,12,14,16H,3,11,13,15H2,2H3,(H,27,28). The Morgan fingerprint density at radius 3 is 2.72 bits per heavy atom. The summed E-state index contributed by atoms with van der Waals surface area (Å²) in [6, 6.07) is 16.2. The van der Waals surface area contributed by atoms with Gasteiger partial charge < -0.3 is 10.1 Å². The fourth-order valence-electron chi connectivity index (χ4n) is 2.93. The first-order valence-corrected chi connectivity index (χ1v) is 9.45. The van der Waals surface area contributed by atoms with Gasteiger partial charge in [0, 0.05) is 35.6 Å². The van der Waals surface area contributed by atoms with E-state index in [1.165, 1.54) is 6.07 Å². The number of pyridine rings is 1. The highest BCUT2D eigenvalue weighted by atomic mass is 19.1. The van der Waals surface area contributed by atoms with Crippen LogP contribution in [0.15, 0.2) is 60.8 Å². The van der Waals surface area contributed by atoms with Crippen LogP contribution in [-0.4, -0.2) is 17.5 Å². The smallest absolute Gasteiger partial charge is 0.226 e. The fourth-order valence-corrected chi connectivity index (χ4v) is 2.93. The van der Waals surface area contributed by atoms with Crippen molar-refractivity contribution in [1.82, 2.24) is 10.3 Å². The number of hydrogen-bond acceptors (Lipinski definition) is 3. The molecule has 5 heteroatoms. The van der Waals surface area contributed by atoms with Gasteiger partial charge in [-0.1, -0.05) is 35.9 Å². The summed E-state index contributed by atoms with van der Waals surface area (Å²) in [5.41, 5.74) is 3.89. The third-order valence-electron chi connectivity index (χ3n) is 4.38. The van der Waals surface area contributed by atoms with Crippen molar-refractivity contribution >= 4 is 5.91 Å². The monoisotopic (exact) mass is 390 g/mol. The molecule has 1 heterocycles.